The molecule has 1 saturated heterocycles. The van der Waals surface area contributed by atoms with Crippen molar-refractivity contribution in [3.63, 3.8) is 0 Å². The Labute approximate surface area is 128 Å². The zero-order valence-corrected chi connectivity index (χ0v) is 14.1. The molecule has 5 nitrogen and oxygen atoms in total. The number of nitrogens with zero attached hydrogens (tertiary/aromatic N) is 2. The van der Waals surface area contributed by atoms with Crippen molar-refractivity contribution in [1.82, 2.24) is 9.21 Å². The van der Waals surface area contributed by atoms with Crippen LogP contribution in [-0.2, 0) is 14.8 Å². The van der Waals surface area contributed by atoms with E-state index in [-0.39, 0.29) is 18.5 Å². The molecule has 1 heterocycles. The number of piperidine rings is 1. The van der Waals surface area contributed by atoms with Gasteiger partial charge in [-0.3, -0.25) is 4.79 Å². The largest absolute Gasteiger partial charge is 0.341 e. The highest BCUT2D eigenvalue weighted by Crippen LogP contribution is 2.25. The Morgan fingerprint density at radius 1 is 1.14 bits per heavy atom. The van der Waals surface area contributed by atoms with Gasteiger partial charge in [-0.1, -0.05) is 26.2 Å². The quantitative estimate of drug-likeness (QED) is 0.795. The molecule has 0 spiro atoms. The average Bonchev–Trinajstić information content (AvgIpc) is 2.44. The Hall–Kier alpha value is -0.620. The maximum atomic E-state index is 12.5. The molecule has 1 aliphatic heterocycles. The van der Waals surface area contributed by atoms with Gasteiger partial charge in [0, 0.05) is 19.1 Å². The van der Waals surface area contributed by atoms with Crippen molar-refractivity contribution in [3.05, 3.63) is 0 Å². The van der Waals surface area contributed by atoms with Crippen molar-refractivity contribution >= 4 is 15.9 Å². The van der Waals surface area contributed by atoms with E-state index >= 15 is 0 Å². The number of carbonyl (C=O) groups is 1. The topological polar surface area (TPSA) is 57.7 Å². The van der Waals surface area contributed by atoms with Crippen LogP contribution in [0.2, 0.25) is 0 Å². The minimum atomic E-state index is -3.33. The van der Waals surface area contributed by atoms with Gasteiger partial charge in [0.1, 0.15) is 0 Å². The van der Waals surface area contributed by atoms with E-state index in [9.17, 15) is 13.2 Å². The molecular weight excluding hydrogens is 288 g/mol. The lowest BCUT2D eigenvalue weighted by molar-refractivity contribution is -0.133. The fourth-order valence-corrected chi connectivity index (χ4v) is 4.63. The highest BCUT2D eigenvalue weighted by molar-refractivity contribution is 7.88. The van der Waals surface area contributed by atoms with Crippen molar-refractivity contribution in [2.75, 3.05) is 25.9 Å². The Balaban J connectivity index is 2.02. The van der Waals surface area contributed by atoms with E-state index in [1.54, 1.807) is 0 Å². The molecular formula is C15H28N2O3S. The first-order valence-corrected chi connectivity index (χ1v) is 9.97. The van der Waals surface area contributed by atoms with Gasteiger partial charge in [-0.2, -0.15) is 4.31 Å². The summed E-state index contributed by atoms with van der Waals surface area (Å²) >= 11 is 0. The van der Waals surface area contributed by atoms with Crippen molar-refractivity contribution in [1.29, 1.82) is 0 Å². The summed E-state index contributed by atoms with van der Waals surface area (Å²) in [6.07, 6.45) is 8.47. The van der Waals surface area contributed by atoms with Gasteiger partial charge in [0.25, 0.3) is 0 Å². The summed E-state index contributed by atoms with van der Waals surface area (Å²) in [5.74, 6) is 0.488. The van der Waals surface area contributed by atoms with Crippen LogP contribution in [0.5, 0.6) is 0 Å². The van der Waals surface area contributed by atoms with Crippen molar-refractivity contribution in [2.24, 2.45) is 5.92 Å². The van der Waals surface area contributed by atoms with E-state index < -0.39 is 10.0 Å². The number of sulfonamides is 1. The molecule has 2 rings (SSSR count). The average molecular weight is 316 g/mol. The van der Waals surface area contributed by atoms with Crippen LogP contribution in [0.3, 0.4) is 0 Å². The molecule has 1 atom stereocenters. The predicted molar refractivity (Wildman–Crippen MR) is 83.4 cm³/mol. The van der Waals surface area contributed by atoms with E-state index in [2.05, 4.69) is 6.92 Å². The number of amides is 1. The minimum Gasteiger partial charge on any atom is -0.341 e. The third-order valence-electron chi connectivity index (χ3n) is 4.71. The van der Waals surface area contributed by atoms with Crippen LogP contribution in [0.1, 0.15) is 51.9 Å². The second-order valence-corrected chi connectivity index (χ2v) is 8.62. The molecule has 1 saturated carbocycles. The fraction of sp³-hybridized carbons (Fsp3) is 0.933. The molecule has 0 aromatic rings. The maximum Gasteiger partial charge on any atom is 0.237 e. The highest BCUT2D eigenvalue weighted by atomic mass is 32.2. The van der Waals surface area contributed by atoms with Gasteiger partial charge in [0.05, 0.1) is 12.8 Å². The van der Waals surface area contributed by atoms with E-state index in [1.165, 1.54) is 17.0 Å². The number of hydrogen-bond donors (Lipinski definition) is 0. The van der Waals surface area contributed by atoms with E-state index in [4.69, 9.17) is 0 Å². The summed E-state index contributed by atoms with van der Waals surface area (Å²) in [7, 11) is -3.33. The monoisotopic (exact) mass is 316 g/mol. The lowest BCUT2D eigenvalue weighted by atomic mass is 9.95. The summed E-state index contributed by atoms with van der Waals surface area (Å²) in [5, 5.41) is 0. The molecule has 6 heteroatoms. The van der Waals surface area contributed by atoms with Crippen molar-refractivity contribution < 1.29 is 13.2 Å². The predicted octanol–water partition coefficient (Wildman–Crippen LogP) is 1.84. The van der Waals surface area contributed by atoms with Crippen LogP contribution >= 0.6 is 0 Å². The molecule has 21 heavy (non-hydrogen) atoms. The first-order valence-electron chi connectivity index (χ1n) is 8.12. The third kappa shape index (κ3) is 4.68. The van der Waals surface area contributed by atoms with Crippen LogP contribution in [0.15, 0.2) is 0 Å². The standard InChI is InChI=1S/C15H28N2O3S/c1-13-7-6-10-16(11-13)15(18)12-17(21(2,19)20)14-8-4-3-5-9-14/h13-14H,3-12H2,1-2H3. The van der Waals surface area contributed by atoms with Crippen LogP contribution in [0.25, 0.3) is 0 Å². The summed E-state index contributed by atoms with van der Waals surface area (Å²) in [4.78, 5) is 14.3. The zero-order valence-electron chi connectivity index (χ0n) is 13.3. The number of hydrogen-bond acceptors (Lipinski definition) is 3. The van der Waals surface area contributed by atoms with Crippen molar-refractivity contribution in [2.45, 2.75) is 57.9 Å². The van der Waals surface area contributed by atoms with Crippen LogP contribution in [0.4, 0.5) is 0 Å². The Kier molecular flexibility index (Phi) is 5.66. The molecule has 0 aromatic carbocycles. The van der Waals surface area contributed by atoms with Crippen molar-refractivity contribution in [3.8, 4) is 0 Å². The highest BCUT2D eigenvalue weighted by Gasteiger charge is 2.32. The molecule has 1 unspecified atom stereocenters. The van der Waals surface area contributed by atoms with E-state index in [0.717, 1.165) is 51.6 Å². The lowest BCUT2D eigenvalue weighted by Crippen LogP contribution is -2.49. The Morgan fingerprint density at radius 2 is 1.81 bits per heavy atom. The molecule has 0 radical (unpaired) electrons. The molecule has 0 aromatic heterocycles. The Morgan fingerprint density at radius 3 is 2.38 bits per heavy atom. The van der Waals surface area contributed by atoms with Gasteiger partial charge in [-0.15, -0.1) is 0 Å². The SMILES string of the molecule is CC1CCCN(C(=O)CN(C2CCCCC2)S(C)(=O)=O)C1. The van der Waals surface area contributed by atoms with Crippen LogP contribution in [-0.4, -0.2) is 55.5 Å². The summed E-state index contributed by atoms with van der Waals surface area (Å²) < 4.78 is 25.6. The summed E-state index contributed by atoms with van der Waals surface area (Å²) in [6, 6.07) is 0.0138. The van der Waals surface area contributed by atoms with Gasteiger partial charge in [-0.25, -0.2) is 8.42 Å². The van der Waals surface area contributed by atoms with E-state index in [1.807, 2.05) is 4.90 Å². The van der Waals surface area contributed by atoms with Gasteiger partial charge < -0.3 is 4.90 Å². The molecule has 1 aliphatic carbocycles. The zero-order chi connectivity index (χ0) is 15.5. The Bertz CT molecular complexity index is 458. The summed E-state index contributed by atoms with van der Waals surface area (Å²) in [5.41, 5.74) is 0. The molecule has 2 fully saturated rings. The van der Waals surface area contributed by atoms with Gasteiger partial charge >= 0.3 is 0 Å². The van der Waals surface area contributed by atoms with Gasteiger partial charge in [-0.05, 0) is 31.6 Å². The molecule has 0 bridgehead atoms. The lowest BCUT2D eigenvalue weighted by Gasteiger charge is -2.35. The van der Waals surface area contributed by atoms with Gasteiger partial charge in [0.2, 0.25) is 15.9 Å². The minimum absolute atomic E-state index is 0.0138. The second-order valence-electron chi connectivity index (χ2n) is 6.69. The molecule has 2 aliphatic rings. The normalized spacial score (nSPS) is 25.3. The summed E-state index contributed by atoms with van der Waals surface area (Å²) in [6.45, 7) is 3.71. The molecule has 122 valence electrons. The third-order valence-corrected chi connectivity index (χ3v) is 5.99. The first-order chi connectivity index (χ1) is 9.88. The first kappa shape index (κ1) is 16.7. The van der Waals surface area contributed by atoms with Gasteiger partial charge in [0.15, 0.2) is 0 Å². The van der Waals surface area contributed by atoms with Crippen LogP contribution in [0, 0.1) is 5.92 Å². The molecule has 0 N–H and O–H groups in total. The van der Waals surface area contributed by atoms with Crippen LogP contribution < -0.4 is 0 Å². The number of likely N-dealkylation sites (tertiary alicyclic amines) is 1. The maximum absolute atomic E-state index is 12.5. The second kappa shape index (κ2) is 7.09. The number of carbonyl (C=O) groups excluding carboxylic acids is 1. The van der Waals surface area contributed by atoms with E-state index in [0.29, 0.717) is 5.92 Å². The number of rotatable bonds is 4. The fourth-order valence-electron chi connectivity index (χ4n) is 3.54. The molecule has 1 amide bonds. The smallest absolute Gasteiger partial charge is 0.237 e.